The molecule has 2 aromatic rings. The molecule has 0 aliphatic heterocycles. The number of carboxylic acid groups (broad SMARTS) is 1. The zero-order valence-corrected chi connectivity index (χ0v) is 9.46. The van der Waals surface area contributed by atoms with Gasteiger partial charge in [0, 0.05) is 11.8 Å². The van der Waals surface area contributed by atoms with Crippen LogP contribution in [0.25, 0.3) is 11.3 Å². The predicted octanol–water partition coefficient (Wildman–Crippen LogP) is 2.24. The molecule has 0 atom stereocenters. The van der Waals surface area contributed by atoms with Crippen molar-refractivity contribution >= 4 is 11.8 Å². The first-order valence-corrected chi connectivity index (χ1v) is 5.12. The lowest BCUT2D eigenvalue weighted by molar-refractivity contribution is 0.209. The van der Waals surface area contributed by atoms with E-state index in [-0.39, 0.29) is 11.4 Å². The minimum Gasteiger partial charge on any atom is -0.465 e. The highest BCUT2D eigenvalue weighted by Gasteiger charge is 2.09. The molecule has 0 saturated heterocycles. The molecule has 0 aliphatic rings. The molecule has 0 spiro atoms. The molecule has 0 fully saturated rings. The Morgan fingerprint density at radius 2 is 2.21 bits per heavy atom. The molecule has 2 N–H and O–H groups in total. The second-order valence-corrected chi connectivity index (χ2v) is 3.53. The van der Waals surface area contributed by atoms with Crippen molar-refractivity contribution in [1.29, 1.82) is 5.26 Å². The van der Waals surface area contributed by atoms with Crippen LogP contribution in [0.15, 0.2) is 30.6 Å². The Bertz CT molecular complexity index is 682. The van der Waals surface area contributed by atoms with Gasteiger partial charge in [0.2, 0.25) is 0 Å². The molecule has 2 heterocycles. The van der Waals surface area contributed by atoms with Crippen molar-refractivity contribution in [2.75, 3.05) is 5.32 Å². The van der Waals surface area contributed by atoms with Crippen LogP contribution >= 0.6 is 0 Å². The Kier molecular flexibility index (Phi) is 3.34. The molecule has 2 aromatic heterocycles. The highest BCUT2D eigenvalue weighted by atomic mass is 19.1. The Labute approximate surface area is 107 Å². The van der Waals surface area contributed by atoms with Crippen LogP contribution in [0, 0.1) is 17.1 Å². The summed E-state index contributed by atoms with van der Waals surface area (Å²) in [4.78, 5) is 18.2. The van der Waals surface area contributed by atoms with Gasteiger partial charge >= 0.3 is 6.09 Å². The van der Waals surface area contributed by atoms with Crippen molar-refractivity contribution in [3.05, 3.63) is 42.1 Å². The van der Waals surface area contributed by atoms with Crippen LogP contribution < -0.4 is 5.32 Å². The lowest BCUT2D eigenvalue weighted by Crippen LogP contribution is -2.09. The number of nitrogens with one attached hydrogen (secondary N) is 1. The normalized spacial score (nSPS) is 9.68. The number of carbonyl (C=O) groups is 1. The molecule has 94 valence electrons. The first kappa shape index (κ1) is 12.4. The van der Waals surface area contributed by atoms with Crippen molar-refractivity contribution in [1.82, 2.24) is 9.97 Å². The van der Waals surface area contributed by atoms with Gasteiger partial charge < -0.3 is 5.11 Å². The van der Waals surface area contributed by atoms with E-state index < -0.39 is 11.9 Å². The molecule has 2 rings (SSSR count). The number of amides is 1. The van der Waals surface area contributed by atoms with Crippen molar-refractivity contribution < 1.29 is 14.3 Å². The van der Waals surface area contributed by atoms with Gasteiger partial charge in [-0.3, -0.25) is 10.3 Å². The fourth-order valence-electron chi connectivity index (χ4n) is 1.47. The highest BCUT2D eigenvalue weighted by molar-refractivity contribution is 5.84. The molecule has 7 heteroatoms. The molecule has 0 unspecified atom stereocenters. The van der Waals surface area contributed by atoms with Gasteiger partial charge in [-0.1, -0.05) is 0 Å². The second-order valence-electron chi connectivity index (χ2n) is 3.53. The standard InChI is InChI=1S/C12H7FN4O2/c13-8-3-7(5-15-6-8)9-1-2-10(17-12(18)19)11(4-14)16-9/h1-3,5-6,17H,(H,18,19). The first-order chi connectivity index (χ1) is 9.10. The van der Waals surface area contributed by atoms with Crippen molar-refractivity contribution in [2.24, 2.45) is 0 Å². The lowest BCUT2D eigenvalue weighted by atomic mass is 10.1. The summed E-state index contributed by atoms with van der Waals surface area (Å²) in [6.45, 7) is 0. The van der Waals surface area contributed by atoms with E-state index in [1.165, 1.54) is 24.4 Å². The Morgan fingerprint density at radius 1 is 1.42 bits per heavy atom. The van der Waals surface area contributed by atoms with Gasteiger partial charge in [0.1, 0.15) is 11.9 Å². The van der Waals surface area contributed by atoms with E-state index in [0.29, 0.717) is 11.3 Å². The number of pyridine rings is 2. The molecule has 1 amide bonds. The smallest absolute Gasteiger partial charge is 0.409 e. The van der Waals surface area contributed by atoms with Crippen LogP contribution in [0.5, 0.6) is 0 Å². The third kappa shape index (κ3) is 2.81. The number of hydrogen-bond acceptors (Lipinski definition) is 4. The molecule has 0 bridgehead atoms. The first-order valence-electron chi connectivity index (χ1n) is 5.12. The minimum atomic E-state index is -1.29. The van der Waals surface area contributed by atoms with Gasteiger partial charge in [-0.2, -0.15) is 5.26 Å². The average Bonchev–Trinajstić information content (AvgIpc) is 2.38. The molecular weight excluding hydrogens is 251 g/mol. The van der Waals surface area contributed by atoms with Crippen LogP contribution in [0.1, 0.15) is 5.69 Å². The summed E-state index contributed by atoms with van der Waals surface area (Å²) in [6, 6.07) is 5.86. The summed E-state index contributed by atoms with van der Waals surface area (Å²) >= 11 is 0. The fourth-order valence-corrected chi connectivity index (χ4v) is 1.47. The number of hydrogen-bond donors (Lipinski definition) is 2. The van der Waals surface area contributed by atoms with E-state index in [1.54, 1.807) is 6.07 Å². The summed E-state index contributed by atoms with van der Waals surface area (Å²) in [5, 5.41) is 19.6. The number of anilines is 1. The highest BCUT2D eigenvalue weighted by Crippen LogP contribution is 2.21. The second kappa shape index (κ2) is 5.10. The third-order valence-electron chi connectivity index (χ3n) is 2.24. The summed E-state index contributed by atoms with van der Waals surface area (Å²) in [6.07, 6.45) is 1.16. The summed E-state index contributed by atoms with van der Waals surface area (Å²) < 4.78 is 13.0. The Hall–Kier alpha value is -3.01. The van der Waals surface area contributed by atoms with E-state index in [0.717, 1.165) is 6.20 Å². The maximum Gasteiger partial charge on any atom is 0.409 e. The van der Waals surface area contributed by atoms with Gasteiger partial charge in [0.05, 0.1) is 17.6 Å². The Balaban J connectivity index is 2.45. The van der Waals surface area contributed by atoms with Crippen molar-refractivity contribution in [2.45, 2.75) is 0 Å². The van der Waals surface area contributed by atoms with Gasteiger partial charge in [0.15, 0.2) is 5.69 Å². The average molecular weight is 258 g/mol. The number of halogens is 1. The number of nitrogens with zero attached hydrogens (tertiary/aromatic N) is 3. The van der Waals surface area contributed by atoms with E-state index in [9.17, 15) is 9.18 Å². The van der Waals surface area contributed by atoms with Crippen LogP contribution in [0.4, 0.5) is 14.9 Å². The molecule has 0 radical (unpaired) electrons. The van der Waals surface area contributed by atoms with Gasteiger partial charge in [-0.15, -0.1) is 0 Å². The topological polar surface area (TPSA) is 98.9 Å². The molecule has 0 saturated carbocycles. The van der Waals surface area contributed by atoms with Gasteiger partial charge in [0.25, 0.3) is 0 Å². The van der Waals surface area contributed by atoms with Crippen LogP contribution in [-0.2, 0) is 0 Å². The van der Waals surface area contributed by atoms with Crippen molar-refractivity contribution in [3.63, 3.8) is 0 Å². The summed E-state index contributed by atoms with van der Waals surface area (Å²) in [5.41, 5.74) is 0.713. The Morgan fingerprint density at radius 3 is 2.84 bits per heavy atom. The monoisotopic (exact) mass is 258 g/mol. The summed E-state index contributed by atoms with van der Waals surface area (Å²) in [7, 11) is 0. The van der Waals surface area contributed by atoms with Crippen LogP contribution in [-0.4, -0.2) is 21.2 Å². The third-order valence-corrected chi connectivity index (χ3v) is 2.24. The van der Waals surface area contributed by atoms with Crippen molar-refractivity contribution in [3.8, 4) is 17.3 Å². The molecule has 6 nitrogen and oxygen atoms in total. The maximum atomic E-state index is 13.0. The quantitative estimate of drug-likeness (QED) is 0.860. The SMILES string of the molecule is N#Cc1nc(-c2cncc(F)c2)ccc1NC(=O)O. The zero-order valence-electron chi connectivity index (χ0n) is 9.46. The molecule has 0 aromatic carbocycles. The molecule has 0 aliphatic carbocycles. The van der Waals surface area contributed by atoms with Gasteiger partial charge in [-0.25, -0.2) is 14.2 Å². The summed E-state index contributed by atoms with van der Waals surface area (Å²) in [5.74, 6) is -0.523. The number of nitriles is 1. The predicted molar refractivity (Wildman–Crippen MR) is 63.8 cm³/mol. The van der Waals surface area contributed by atoms with Crippen LogP contribution in [0.2, 0.25) is 0 Å². The molecule has 19 heavy (non-hydrogen) atoms. The van der Waals surface area contributed by atoms with E-state index in [4.69, 9.17) is 10.4 Å². The van der Waals surface area contributed by atoms with E-state index in [2.05, 4.69) is 15.3 Å². The van der Waals surface area contributed by atoms with E-state index >= 15 is 0 Å². The largest absolute Gasteiger partial charge is 0.465 e. The fraction of sp³-hybridized carbons (Fsp3) is 0. The number of rotatable bonds is 2. The molecular formula is C12H7FN4O2. The van der Waals surface area contributed by atoms with Gasteiger partial charge in [-0.05, 0) is 18.2 Å². The zero-order chi connectivity index (χ0) is 13.8. The minimum absolute atomic E-state index is 0.0723. The maximum absolute atomic E-state index is 13.0. The van der Waals surface area contributed by atoms with Crippen LogP contribution in [0.3, 0.4) is 0 Å². The lowest BCUT2D eigenvalue weighted by Gasteiger charge is -2.05. The van der Waals surface area contributed by atoms with E-state index in [1.807, 2.05) is 0 Å². The number of aromatic nitrogens is 2.